The van der Waals surface area contributed by atoms with Gasteiger partial charge in [-0.1, -0.05) is 12.1 Å². The van der Waals surface area contributed by atoms with Crippen LogP contribution < -0.4 is 10.2 Å². The maximum absolute atomic E-state index is 13.2. The molecule has 2 saturated heterocycles. The van der Waals surface area contributed by atoms with Crippen molar-refractivity contribution in [2.45, 2.75) is 17.7 Å². The number of aromatic nitrogens is 3. The number of sulfone groups is 1. The molecule has 0 saturated carbocycles. The van der Waals surface area contributed by atoms with Gasteiger partial charge in [0.2, 0.25) is 11.9 Å². The Morgan fingerprint density at radius 2 is 1.66 bits per heavy atom. The van der Waals surface area contributed by atoms with Gasteiger partial charge in [0.1, 0.15) is 0 Å². The Balaban J connectivity index is 1.13. The van der Waals surface area contributed by atoms with Crippen LogP contribution in [0, 0.1) is 5.92 Å². The summed E-state index contributed by atoms with van der Waals surface area (Å²) in [7, 11) is -1.15. The van der Waals surface area contributed by atoms with E-state index in [2.05, 4.69) is 44.4 Å². The molecule has 10 nitrogen and oxygen atoms in total. The molecule has 1 N–H and O–H groups in total. The highest BCUT2D eigenvalue weighted by Crippen LogP contribution is 2.28. The number of nitrogens with one attached hydrogen (secondary N) is 1. The highest BCUT2D eigenvalue weighted by Gasteiger charge is 2.30. The van der Waals surface area contributed by atoms with Crippen molar-refractivity contribution in [2.75, 3.05) is 62.8 Å². The predicted molar refractivity (Wildman–Crippen MR) is 160 cm³/mol. The zero-order valence-corrected chi connectivity index (χ0v) is 24.2. The summed E-state index contributed by atoms with van der Waals surface area (Å²) in [6, 6.07) is 18.8. The summed E-state index contributed by atoms with van der Waals surface area (Å²) >= 11 is 0. The Bertz CT molecular complexity index is 1640. The van der Waals surface area contributed by atoms with E-state index in [0.29, 0.717) is 11.9 Å². The summed E-state index contributed by atoms with van der Waals surface area (Å²) in [4.78, 5) is 24.5. The van der Waals surface area contributed by atoms with Crippen LogP contribution in [0.15, 0.2) is 71.8 Å². The highest BCUT2D eigenvalue weighted by atomic mass is 32.2. The van der Waals surface area contributed by atoms with Crippen molar-refractivity contribution in [1.29, 1.82) is 0 Å². The van der Waals surface area contributed by atoms with Crippen LogP contribution in [0.5, 0.6) is 0 Å². The van der Waals surface area contributed by atoms with Crippen molar-refractivity contribution in [3.05, 3.63) is 66.9 Å². The van der Waals surface area contributed by atoms with Crippen molar-refractivity contribution < 1.29 is 13.2 Å². The molecule has 11 heteroatoms. The van der Waals surface area contributed by atoms with E-state index in [4.69, 9.17) is 0 Å². The maximum atomic E-state index is 13.2. The molecule has 0 spiro atoms. The third kappa shape index (κ3) is 5.91. The van der Waals surface area contributed by atoms with Crippen LogP contribution in [-0.2, 0) is 14.6 Å². The van der Waals surface area contributed by atoms with Gasteiger partial charge in [-0.2, -0.15) is 0 Å². The van der Waals surface area contributed by atoms with Gasteiger partial charge < -0.3 is 20.0 Å². The standard InChI is InChI=1S/C30H35N7O3S/c1-34-16-18-35(19-17-34)29(38)23-4-3-15-36(21-23)25-9-7-24(8-10-25)32-30-31-20-26-11-14-28(37(26)33-30)22-5-12-27(13-6-22)41(2,39)40/h5-14,20,23H,3-4,15-19,21H2,1-2H3,(H,32,33). The van der Waals surface area contributed by atoms with E-state index < -0.39 is 9.84 Å². The number of carbonyl (C=O) groups excluding carboxylic acids is 1. The van der Waals surface area contributed by atoms with Crippen molar-refractivity contribution in [1.82, 2.24) is 24.4 Å². The van der Waals surface area contributed by atoms with Gasteiger partial charge >= 0.3 is 0 Å². The molecule has 4 aromatic rings. The number of hydrogen-bond acceptors (Lipinski definition) is 8. The van der Waals surface area contributed by atoms with E-state index in [-0.39, 0.29) is 10.8 Å². The average Bonchev–Trinajstić information content (AvgIpc) is 3.41. The molecule has 2 aliphatic heterocycles. The lowest BCUT2D eigenvalue weighted by Gasteiger charge is -2.38. The van der Waals surface area contributed by atoms with Crippen LogP contribution in [0.3, 0.4) is 0 Å². The van der Waals surface area contributed by atoms with Crippen molar-refractivity contribution in [3.63, 3.8) is 0 Å². The minimum absolute atomic E-state index is 0.0448. The van der Waals surface area contributed by atoms with Gasteiger partial charge in [-0.15, -0.1) is 5.10 Å². The van der Waals surface area contributed by atoms with Crippen LogP contribution >= 0.6 is 0 Å². The Morgan fingerprint density at radius 1 is 0.927 bits per heavy atom. The molecule has 1 atom stereocenters. The minimum atomic E-state index is -3.26. The molecule has 6 rings (SSSR count). The zero-order chi connectivity index (χ0) is 28.6. The fraction of sp³-hybridized carbons (Fsp3) is 0.367. The second kappa shape index (κ2) is 11.1. The maximum Gasteiger partial charge on any atom is 0.245 e. The van der Waals surface area contributed by atoms with Crippen molar-refractivity contribution in [3.8, 4) is 11.3 Å². The Morgan fingerprint density at radius 3 is 2.37 bits per heavy atom. The Labute approximate surface area is 240 Å². The van der Waals surface area contributed by atoms with E-state index in [1.54, 1.807) is 35.0 Å². The molecule has 0 aliphatic carbocycles. The molecule has 1 amide bonds. The summed E-state index contributed by atoms with van der Waals surface area (Å²) in [5.74, 6) is 0.791. The van der Waals surface area contributed by atoms with Crippen LogP contribution in [0.2, 0.25) is 0 Å². The van der Waals surface area contributed by atoms with Gasteiger partial charge in [0, 0.05) is 62.5 Å². The van der Waals surface area contributed by atoms with Crippen LogP contribution in [-0.4, -0.2) is 91.3 Å². The largest absolute Gasteiger partial charge is 0.371 e. The fourth-order valence-corrected chi connectivity index (χ4v) is 6.26. The first-order valence-electron chi connectivity index (χ1n) is 14.0. The third-order valence-electron chi connectivity index (χ3n) is 8.05. The quantitative estimate of drug-likeness (QED) is 0.374. The number of nitrogens with zero attached hydrogens (tertiary/aromatic N) is 6. The molecule has 2 aromatic heterocycles. The average molecular weight is 574 g/mol. The second-order valence-electron chi connectivity index (χ2n) is 11.0. The fourth-order valence-electron chi connectivity index (χ4n) is 5.63. The first-order valence-corrected chi connectivity index (χ1v) is 15.9. The summed E-state index contributed by atoms with van der Waals surface area (Å²) in [5, 5.41) is 7.98. The SMILES string of the molecule is CN1CCN(C(=O)C2CCCN(c3ccc(Nc4ncc5ccc(-c6ccc(S(C)(=O)=O)cc6)n5n4)cc3)C2)CC1. The topological polar surface area (TPSA) is 103 Å². The number of piperidine rings is 1. The molecule has 0 bridgehead atoms. The lowest BCUT2D eigenvalue weighted by molar-refractivity contribution is -0.137. The number of piperazine rings is 1. The second-order valence-corrected chi connectivity index (χ2v) is 13.0. The van der Waals surface area contributed by atoms with E-state index in [0.717, 1.165) is 80.3 Å². The first kappa shape index (κ1) is 27.2. The molecule has 41 heavy (non-hydrogen) atoms. The van der Waals surface area contributed by atoms with Gasteiger partial charge in [-0.25, -0.2) is 17.9 Å². The number of rotatable bonds is 6. The number of benzene rings is 2. The molecular weight excluding hydrogens is 538 g/mol. The highest BCUT2D eigenvalue weighted by molar-refractivity contribution is 7.90. The van der Waals surface area contributed by atoms with Gasteiger partial charge in [0.25, 0.3) is 0 Å². The number of likely N-dealkylation sites (N-methyl/N-ethyl adjacent to an activating group) is 1. The Hall–Kier alpha value is -3.96. The summed E-state index contributed by atoms with van der Waals surface area (Å²) < 4.78 is 25.5. The van der Waals surface area contributed by atoms with Crippen LogP contribution in [0.25, 0.3) is 16.8 Å². The molecule has 0 radical (unpaired) electrons. The summed E-state index contributed by atoms with van der Waals surface area (Å²) in [6.07, 6.45) is 4.91. The van der Waals surface area contributed by atoms with Gasteiger partial charge in [0.05, 0.1) is 28.2 Å². The normalized spacial score (nSPS) is 18.5. The van der Waals surface area contributed by atoms with E-state index in [1.165, 1.54) is 6.26 Å². The molecule has 2 fully saturated rings. The molecular formula is C30H35N7O3S. The number of carbonyl (C=O) groups is 1. The monoisotopic (exact) mass is 573 g/mol. The van der Waals surface area contributed by atoms with Gasteiger partial charge in [-0.05, 0) is 68.4 Å². The van der Waals surface area contributed by atoms with E-state index in [9.17, 15) is 13.2 Å². The molecule has 4 heterocycles. The predicted octanol–water partition coefficient (Wildman–Crippen LogP) is 3.53. The molecule has 2 aromatic carbocycles. The zero-order valence-electron chi connectivity index (χ0n) is 23.4. The third-order valence-corrected chi connectivity index (χ3v) is 9.18. The van der Waals surface area contributed by atoms with Gasteiger partial charge in [0.15, 0.2) is 9.84 Å². The molecule has 2 aliphatic rings. The van der Waals surface area contributed by atoms with Gasteiger partial charge in [-0.3, -0.25) is 4.79 Å². The minimum Gasteiger partial charge on any atom is -0.371 e. The summed E-state index contributed by atoms with van der Waals surface area (Å²) in [6.45, 7) is 5.22. The Kier molecular flexibility index (Phi) is 7.39. The number of hydrogen-bond donors (Lipinski definition) is 1. The van der Waals surface area contributed by atoms with Crippen LogP contribution in [0.4, 0.5) is 17.3 Å². The van der Waals surface area contributed by atoms with E-state index in [1.807, 2.05) is 29.2 Å². The number of anilines is 3. The van der Waals surface area contributed by atoms with Crippen LogP contribution in [0.1, 0.15) is 12.8 Å². The first-order chi connectivity index (χ1) is 19.7. The lowest BCUT2D eigenvalue weighted by atomic mass is 9.95. The van der Waals surface area contributed by atoms with E-state index >= 15 is 0 Å². The molecule has 1 unspecified atom stereocenters. The summed E-state index contributed by atoms with van der Waals surface area (Å²) in [5.41, 5.74) is 4.50. The van der Waals surface area contributed by atoms with Crippen molar-refractivity contribution in [2.24, 2.45) is 5.92 Å². The smallest absolute Gasteiger partial charge is 0.245 e. The van der Waals surface area contributed by atoms with Crippen molar-refractivity contribution >= 4 is 38.6 Å². The lowest BCUT2D eigenvalue weighted by Crippen LogP contribution is -2.51. The number of fused-ring (bicyclic) bond motifs is 1. The molecule has 214 valence electrons. The number of amides is 1.